The van der Waals surface area contributed by atoms with Crippen LogP contribution in [0.15, 0.2) is 0 Å². The zero-order chi connectivity index (χ0) is 15.8. The highest BCUT2D eigenvalue weighted by atomic mass is 16.6. The summed E-state index contributed by atoms with van der Waals surface area (Å²) in [7, 11) is 4.74. The molecule has 0 saturated heterocycles. The molecule has 0 aromatic carbocycles. The number of likely N-dealkylation sites (N-methyl/N-ethyl adjacent to an activating group) is 1. The molecule has 0 unspecified atom stereocenters. The van der Waals surface area contributed by atoms with Gasteiger partial charge >= 0.3 is 11.9 Å². The first-order valence-corrected chi connectivity index (χ1v) is 6.67. The summed E-state index contributed by atoms with van der Waals surface area (Å²) in [5.74, 6) is -0.559. The topological polar surface area (TPSA) is 65.1 Å². The van der Waals surface area contributed by atoms with Crippen molar-refractivity contribution >= 4 is 11.9 Å². The van der Waals surface area contributed by atoms with Crippen molar-refractivity contribution in [3.05, 3.63) is 0 Å². The molecule has 0 amide bonds. The van der Waals surface area contributed by atoms with Crippen molar-refractivity contribution in [1.29, 1.82) is 0 Å². The molecule has 0 fully saturated rings. The lowest BCUT2D eigenvalue weighted by Gasteiger charge is -2.27. The number of carbonyl (C=O) groups excluding carboxylic acids is 2. The number of rotatable bonds is 8. The van der Waals surface area contributed by atoms with Crippen LogP contribution < -0.4 is 0 Å². The van der Waals surface area contributed by atoms with Crippen LogP contribution in [0.25, 0.3) is 0 Å². The van der Waals surface area contributed by atoms with Crippen LogP contribution in [0.2, 0.25) is 0 Å². The second-order valence-corrected chi connectivity index (χ2v) is 5.73. The third kappa shape index (κ3) is 8.87. The summed E-state index contributed by atoms with van der Waals surface area (Å²) >= 11 is 0. The molecule has 6 nitrogen and oxygen atoms in total. The lowest BCUT2D eigenvalue weighted by atomic mass is 10.1. The number of hydrogen-bond acceptors (Lipinski definition) is 6. The summed E-state index contributed by atoms with van der Waals surface area (Å²) in [6, 6.07) is -0.0355. The average molecular weight is 289 g/mol. The van der Waals surface area contributed by atoms with E-state index in [0.29, 0.717) is 13.0 Å². The van der Waals surface area contributed by atoms with E-state index in [-0.39, 0.29) is 30.9 Å². The highest BCUT2D eigenvalue weighted by Gasteiger charge is 2.21. The number of methoxy groups -OCH3 is 2. The van der Waals surface area contributed by atoms with Crippen LogP contribution in [-0.2, 0) is 23.8 Å². The van der Waals surface area contributed by atoms with Gasteiger partial charge in [-0.2, -0.15) is 0 Å². The first kappa shape index (κ1) is 18.9. The molecule has 0 aliphatic rings. The SMILES string of the molecule is COC[C@H](CCC(=O)OC(C)(C)C)N(C)CC(=O)OC. The number of hydrogen-bond donors (Lipinski definition) is 0. The van der Waals surface area contributed by atoms with Gasteiger partial charge in [0.05, 0.1) is 20.3 Å². The van der Waals surface area contributed by atoms with Gasteiger partial charge in [-0.25, -0.2) is 0 Å². The molecular formula is C14H27NO5. The molecule has 118 valence electrons. The van der Waals surface area contributed by atoms with Gasteiger partial charge in [-0.15, -0.1) is 0 Å². The summed E-state index contributed by atoms with van der Waals surface area (Å²) in [6.45, 7) is 6.11. The van der Waals surface area contributed by atoms with Gasteiger partial charge in [-0.3, -0.25) is 14.5 Å². The lowest BCUT2D eigenvalue weighted by molar-refractivity contribution is -0.155. The zero-order valence-electron chi connectivity index (χ0n) is 13.4. The molecular weight excluding hydrogens is 262 g/mol. The molecule has 0 aromatic rings. The first-order chi connectivity index (χ1) is 9.19. The Kier molecular flexibility index (Phi) is 8.41. The fourth-order valence-corrected chi connectivity index (χ4v) is 1.70. The van der Waals surface area contributed by atoms with Gasteiger partial charge in [0.2, 0.25) is 0 Å². The van der Waals surface area contributed by atoms with Crippen molar-refractivity contribution in [2.75, 3.05) is 34.4 Å². The van der Waals surface area contributed by atoms with E-state index >= 15 is 0 Å². The molecule has 0 aromatic heterocycles. The Morgan fingerprint density at radius 2 is 1.75 bits per heavy atom. The van der Waals surface area contributed by atoms with Crippen molar-refractivity contribution in [2.24, 2.45) is 0 Å². The summed E-state index contributed by atoms with van der Waals surface area (Å²) in [4.78, 5) is 24.8. The Morgan fingerprint density at radius 1 is 1.15 bits per heavy atom. The van der Waals surface area contributed by atoms with Gasteiger partial charge in [0, 0.05) is 19.6 Å². The van der Waals surface area contributed by atoms with Crippen molar-refractivity contribution in [1.82, 2.24) is 4.90 Å². The normalized spacial score (nSPS) is 13.2. The first-order valence-electron chi connectivity index (χ1n) is 6.67. The Morgan fingerprint density at radius 3 is 2.20 bits per heavy atom. The molecule has 0 aliphatic carbocycles. The number of nitrogens with zero attached hydrogens (tertiary/aromatic N) is 1. The van der Waals surface area contributed by atoms with Crippen LogP contribution in [0.3, 0.4) is 0 Å². The van der Waals surface area contributed by atoms with Gasteiger partial charge in [-0.05, 0) is 34.2 Å². The van der Waals surface area contributed by atoms with Gasteiger partial charge in [-0.1, -0.05) is 0 Å². The predicted octanol–water partition coefficient (Wildman–Crippen LogP) is 1.23. The lowest BCUT2D eigenvalue weighted by Crippen LogP contribution is -2.39. The van der Waals surface area contributed by atoms with E-state index < -0.39 is 5.60 Å². The van der Waals surface area contributed by atoms with E-state index in [9.17, 15) is 9.59 Å². The van der Waals surface area contributed by atoms with Crippen molar-refractivity contribution < 1.29 is 23.8 Å². The Balaban J connectivity index is 4.33. The highest BCUT2D eigenvalue weighted by molar-refractivity contribution is 5.71. The summed E-state index contributed by atoms with van der Waals surface area (Å²) < 4.78 is 15.0. The minimum atomic E-state index is -0.480. The molecule has 0 bridgehead atoms. The predicted molar refractivity (Wildman–Crippen MR) is 75.4 cm³/mol. The third-order valence-electron chi connectivity index (χ3n) is 2.69. The summed E-state index contributed by atoms with van der Waals surface area (Å²) in [5.41, 5.74) is -0.480. The van der Waals surface area contributed by atoms with Crippen molar-refractivity contribution in [3.63, 3.8) is 0 Å². The van der Waals surface area contributed by atoms with Crippen LogP contribution in [0.5, 0.6) is 0 Å². The average Bonchev–Trinajstić information content (AvgIpc) is 2.31. The molecule has 0 N–H and O–H groups in total. The maximum atomic E-state index is 11.7. The van der Waals surface area contributed by atoms with E-state index in [1.807, 2.05) is 25.7 Å². The zero-order valence-corrected chi connectivity index (χ0v) is 13.4. The van der Waals surface area contributed by atoms with Gasteiger partial charge in [0.15, 0.2) is 0 Å². The monoisotopic (exact) mass is 289 g/mol. The second kappa shape index (κ2) is 8.92. The molecule has 0 saturated carbocycles. The molecule has 1 atom stereocenters. The van der Waals surface area contributed by atoms with Gasteiger partial charge in [0.1, 0.15) is 5.60 Å². The summed E-state index contributed by atoms with van der Waals surface area (Å²) in [6.07, 6.45) is 0.854. The quantitative estimate of drug-likeness (QED) is 0.626. The van der Waals surface area contributed by atoms with Crippen molar-refractivity contribution in [3.8, 4) is 0 Å². The molecule has 0 spiro atoms. The molecule has 0 aliphatic heterocycles. The molecule has 6 heteroatoms. The Hall–Kier alpha value is -1.14. The largest absolute Gasteiger partial charge is 0.468 e. The van der Waals surface area contributed by atoms with Crippen LogP contribution in [0.4, 0.5) is 0 Å². The van der Waals surface area contributed by atoms with E-state index in [4.69, 9.17) is 9.47 Å². The fourth-order valence-electron chi connectivity index (χ4n) is 1.70. The molecule has 20 heavy (non-hydrogen) atoms. The smallest absolute Gasteiger partial charge is 0.319 e. The summed E-state index contributed by atoms with van der Waals surface area (Å²) in [5, 5.41) is 0. The fraction of sp³-hybridized carbons (Fsp3) is 0.857. The maximum Gasteiger partial charge on any atom is 0.319 e. The van der Waals surface area contributed by atoms with E-state index in [1.54, 1.807) is 14.2 Å². The standard InChI is InChI=1S/C14H27NO5/c1-14(2,3)20-12(16)8-7-11(10-18-5)15(4)9-13(17)19-6/h11H,7-10H2,1-6H3/t11-/m0/s1. The van der Waals surface area contributed by atoms with Crippen LogP contribution in [0, 0.1) is 0 Å². The molecule has 0 rings (SSSR count). The van der Waals surface area contributed by atoms with E-state index in [0.717, 1.165) is 0 Å². The van der Waals surface area contributed by atoms with Gasteiger partial charge in [0.25, 0.3) is 0 Å². The number of ether oxygens (including phenoxy) is 3. The van der Waals surface area contributed by atoms with Gasteiger partial charge < -0.3 is 14.2 Å². The molecule has 0 radical (unpaired) electrons. The van der Waals surface area contributed by atoms with Crippen LogP contribution >= 0.6 is 0 Å². The second-order valence-electron chi connectivity index (χ2n) is 5.73. The number of esters is 2. The highest BCUT2D eigenvalue weighted by Crippen LogP contribution is 2.12. The maximum absolute atomic E-state index is 11.7. The van der Waals surface area contributed by atoms with E-state index in [2.05, 4.69) is 4.74 Å². The van der Waals surface area contributed by atoms with E-state index in [1.165, 1.54) is 7.11 Å². The Labute approximate surface area is 121 Å². The molecule has 0 heterocycles. The minimum absolute atomic E-state index is 0.0355. The van der Waals surface area contributed by atoms with Crippen LogP contribution in [0.1, 0.15) is 33.6 Å². The van der Waals surface area contributed by atoms with Crippen molar-refractivity contribution in [2.45, 2.75) is 45.3 Å². The third-order valence-corrected chi connectivity index (χ3v) is 2.69. The minimum Gasteiger partial charge on any atom is -0.468 e. The van der Waals surface area contributed by atoms with Crippen LogP contribution in [-0.4, -0.2) is 62.9 Å². The number of carbonyl (C=O) groups is 2. The Bertz CT molecular complexity index is 311.